The Morgan fingerprint density at radius 3 is 2.62 bits per heavy atom. The molecule has 1 amide bonds. The number of nitrogens with one attached hydrogen (secondary N) is 1. The van der Waals surface area contributed by atoms with Gasteiger partial charge in [-0.05, 0) is 19.1 Å². The summed E-state index contributed by atoms with van der Waals surface area (Å²) in [7, 11) is 1.65. The van der Waals surface area contributed by atoms with E-state index in [-0.39, 0.29) is 0 Å². The average Bonchev–Trinajstić information content (AvgIpc) is 2.96. The minimum atomic E-state index is -0.682. The van der Waals surface area contributed by atoms with Crippen LogP contribution in [0.4, 0.5) is 15.0 Å². The summed E-state index contributed by atoms with van der Waals surface area (Å²) in [5.41, 5.74) is 1.51. The number of benzene rings is 2. The largest absolute Gasteiger partial charge is 0.441 e. The number of carbonyl (C=O) groups excluding carboxylic acids is 1. The van der Waals surface area contributed by atoms with Gasteiger partial charge < -0.3 is 4.74 Å². The van der Waals surface area contributed by atoms with Crippen LogP contribution in [0.15, 0.2) is 54.7 Å². The zero-order chi connectivity index (χ0) is 18.7. The van der Waals surface area contributed by atoms with Gasteiger partial charge in [0.15, 0.2) is 0 Å². The number of rotatable bonds is 4. The number of halogens is 2. The molecule has 7 heteroatoms. The summed E-state index contributed by atoms with van der Waals surface area (Å²) in [5, 5.41) is 7.25. The van der Waals surface area contributed by atoms with Crippen LogP contribution in [0.5, 0.6) is 0 Å². The molecule has 1 N–H and O–H groups in total. The van der Waals surface area contributed by atoms with Crippen LogP contribution >= 0.6 is 11.6 Å². The molecular weight excluding hydrogens is 357 g/mol. The van der Waals surface area contributed by atoms with Gasteiger partial charge in [0.25, 0.3) is 0 Å². The molecule has 1 aromatic heterocycles. The number of amides is 1. The van der Waals surface area contributed by atoms with Gasteiger partial charge in [0.1, 0.15) is 17.7 Å². The topological polar surface area (TPSA) is 56.1 Å². The second-order valence-electron chi connectivity index (χ2n) is 5.70. The van der Waals surface area contributed by atoms with Crippen LogP contribution in [0, 0.1) is 5.82 Å². The van der Waals surface area contributed by atoms with E-state index in [0.717, 1.165) is 0 Å². The molecule has 0 bridgehead atoms. The summed E-state index contributed by atoms with van der Waals surface area (Å²) in [6.07, 6.45) is 0.262. The lowest BCUT2D eigenvalue weighted by Crippen LogP contribution is -2.18. The third-order valence-corrected chi connectivity index (χ3v) is 4.29. The predicted octanol–water partition coefficient (Wildman–Crippen LogP) is 5.19. The van der Waals surface area contributed by atoms with Crippen molar-refractivity contribution < 1.29 is 13.9 Å². The highest BCUT2D eigenvalue weighted by atomic mass is 35.5. The molecule has 0 fully saturated rings. The predicted molar refractivity (Wildman–Crippen MR) is 98.6 cm³/mol. The van der Waals surface area contributed by atoms with Crippen molar-refractivity contribution in [1.29, 1.82) is 0 Å². The van der Waals surface area contributed by atoms with Gasteiger partial charge >= 0.3 is 6.09 Å². The number of anilines is 1. The van der Waals surface area contributed by atoms with Crippen LogP contribution in [-0.4, -0.2) is 15.9 Å². The van der Waals surface area contributed by atoms with Crippen LogP contribution in [-0.2, 0) is 11.8 Å². The number of ether oxygens (including phenoxy) is 1. The Hall–Kier alpha value is -2.86. The highest BCUT2D eigenvalue weighted by Crippen LogP contribution is 2.30. The van der Waals surface area contributed by atoms with Gasteiger partial charge in [-0.3, -0.25) is 10.00 Å². The van der Waals surface area contributed by atoms with Gasteiger partial charge in [-0.25, -0.2) is 9.18 Å². The summed E-state index contributed by atoms with van der Waals surface area (Å²) < 4.78 is 20.9. The Morgan fingerprint density at radius 1 is 1.19 bits per heavy atom. The normalized spacial score (nSPS) is 11.8. The molecule has 0 aliphatic carbocycles. The molecule has 0 aliphatic heterocycles. The van der Waals surface area contributed by atoms with Crippen LogP contribution < -0.4 is 5.32 Å². The van der Waals surface area contributed by atoms with Crippen molar-refractivity contribution in [3.63, 3.8) is 0 Å². The van der Waals surface area contributed by atoms with E-state index in [2.05, 4.69) is 10.4 Å². The van der Waals surface area contributed by atoms with Crippen molar-refractivity contribution in [3.8, 4) is 11.1 Å². The zero-order valence-electron chi connectivity index (χ0n) is 14.2. The van der Waals surface area contributed by atoms with Crippen LogP contribution in [0.25, 0.3) is 11.1 Å². The summed E-state index contributed by atoms with van der Waals surface area (Å²) in [5.74, 6) is -0.0622. The Bertz CT molecular complexity index is 942. The van der Waals surface area contributed by atoms with Crippen molar-refractivity contribution in [1.82, 2.24) is 9.78 Å². The average molecular weight is 374 g/mol. The fourth-order valence-electron chi connectivity index (χ4n) is 2.62. The second kappa shape index (κ2) is 7.58. The molecule has 0 radical (unpaired) electrons. The lowest BCUT2D eigenvalue weighted by atomic mass is 10.1. The van der Waals surface area contributed by atoms with Crippen molar-refractivity contribution in [2.45, 2.75) is 13.0 Å². The van der Waals surface area contributed by atoms with E-state index in [0.29, 0.717) is 27.5 Å². The molecule has 2 aromatic carbocycles. The van der Waals surface area contributed by atoms with Crippen molar-refractivity contribution in [2.75, 3.05) is 5.32 Å². The molecule has 26 heavy (non-hydrogen) atoms. The van der Waals surface area contributed by atoms with E-state index < -0.39 is 18.0 Å². The van der Waals surface area contributed by atoms with Gasteiger partial charge in [0.05, 0.1) is 6.20 Å². The third kappa shape index (κ3) is 3.70. The molecule has 0 aliphatic rings. The van der Waals surface area contributed by atoms with Crippen molar-refractivity contribution in [3.05, 3.63) is 71.1 Å². The Labute approximate surface area is 155 Å². The van der Waals surface area contributed by atoms with Crippen LogP contribution in [0.2, 0.25) is 5.02 Å². The molecule has 134 valence electrons. The first-order valence-corrected chi connectivity index (χ1v) is 8.34. The number of carbonyl (C=O) groups is 1. The lowest BCUT2D eigenvalue weighted by molar-refractivity contribution is 0.121. The van der Waals surface area contributed by atoms with E-state index in [1.807, 2.05) is 6.07 Å². The number of hydrogen-bond acceptors (Lipinski definition) is 3. The van der Waals surface area contributed by atoms with Crippen molar-refractivity contribution >= 4 is 23.5 Å². The third-order valence-electron chi connectivity index (χ3n) is 3.95. The van der Waals surface area contributed by atoms with Crippen LogP contribution in [0.3, 0.4) is 0 Å². The Balaban J connectivity index is 1.79. The first kappa shape index (κ1) is 17.9. The van der Waals surface area contributed by atoms with Crippen molar-refractivity contribution in [2.24, 2.45) is 7.05 Å². The summed E-state index contributed by atoms with van der Waals surface area (Å²) >= 11 is 6.13. The molecule has 1 heterocycles. The Morgan fingerprint density at radius 2 is 1.88 bits per heavy atom. The van der Waals surface area contributed by atoms with Gasteiger partial charge in [-0.15, -0.1) is 0 Å². The maximum absolute atomic E-state index is 14.1. The number of nitrogens with zero attached hydrogens (tertiary/aromatic N) is 2. The lowest BCUT2D eigenvalue weighted by Gasteiger charge is -2.16. The summed E-state index contributed by atoms with van der Waals surface area (Å²) in [6, 6.07) is 13.4. The second-order valence-corrected chi connectivity index (χ2v) is 6.11. The Kier molecular flexibility index (Phi) is 5.23. The fraction of sp³-hybridized carbons (Fsp3) is 0.158. The van der Waals surface area contributed by atoms with E-state index in [4.69, 9.17) is 16.3 Å². The molecule has 1 atom stereocenters. The number of aromatic nitrogens is 2. The highest BCUT2D eigenvalue weighted by Gasteiger charge is 2.19. The molecule has 0 unspecified atom stereocenters. The minimum absolute atomic E-state index is 0.339. The molecule has 3 aromatic rings. The molecular formula is C19H17ClFN3O2. The van der Waals surface area contributed by atoms with Gasteiger partial charge in [-0.2, -0.15) is 5.10 Å². The first-order chi connectivity index (χ1) is 12.5. The maximum Gasteiger partial charge on any atom is 0.413 e. The monoisotopic (exact) mass is 373 g/mol. The van der Waals surface area contributed by atoms with E-state index in [9.17, 15) is 9.18 Å². The molecule has 0 saturated carbocycles. The number of aryl methyl sites for hydroxylation is 1. The first-order valence-electron chi connectivity index (χ1n) is 7.96. The summed E-state index contributed by atoms with van der Waals surface area (Å²) in [4.78, 5) is 12.3. The zero-order valence-corrected chi connectivity index (χ0v) is 15.0. The van der Waals surface area contributed by atoms with E-state index in [1.165, 1.54) is 16.9 Å². The van der Waals surface area contributed by atoms with Gasteiger partial charge in [-0.1, -0.05) is 48.0 Å². The smallest absolute Gasteiger partial charge is 0.413 e. The SMILES string of the molecule is C[C@@H](OC(=O)Nc1c(-c2ccccc2F)cnn1C)c1ccccc1Cl. The molecule has 0 spiro atoms. The minimum Gasteiger partial charge on any atom is -0.441 e. The molecule has 0 saturated heterocycles. The maximum atomic E-state index is 14.1. The highest BCUT2D eigenvalue weighted by molar-refractivity contribution is 6.31. The quantitative estimate of drug-likeness (QED) is 0.684. The van der Waals surface area contributed by atoms with Crippen LogP contribution in [0.1, 0.15) is 18.6 Å². The van der Waals surface area contributed by atoms with Gasteiger partial charge in [0.2, 0.25) is 0 Å². The summed E-state index contributed by atoms with van der Waals surface area (Å²) in [6.45, 7) is 1.72. The molecule has 5 nitrogen and oxygen atoms in total. The fourth-order valence-corrected chi connectivity index (χ4v) is 2.91. The van der Waals surface area contributed by atoms with Gasteiger partial charge in [0, 0.05) is 28.8 Å². The molecule has 3 rings (SSSR count). The van der Waals surface area contributed by atoms with E-state index >= 15 is 0 Å². The standard InChI is InChI=1S/C19H17ClFN3O2/c1-12(13-7-3-5-9-16(13)20)26-19(25)23-18-15(11-22-24(18)2)14-8-4-6-10-17(14)21/h3-12H,1-2H3,(H,23,25)/t12-/m1/s1. The van der Waals surface area contributed by atoms with E-state index in [1.54, 1.807) is 50.4 Å². The number of hydrogen-bond donors (Lipinski definition) is 1.